The largest absolute Gasteiger partial charge is 0.396 e. The number of Topliss-reactive ketones (excluding diaryl/α,β-unsaturated/α-hetero) is 3. The van der Waals surface area contributed by atoms with Crippen LogP contribution in [-0.4, -0.2) is 215 Å². The molecule has 0 aliphatic carbocycles. The lowest BCUT2D eigenvalue weighted by Gasteiger charge is -2.34. The monoisotopic (exact) mass is 1530 g/mol. The number of hydrogen-bond acceptors (Lipinski definition) is 17. The van der Waals surface area contributed by atoms with E-state index in [1.54, 1.807) is 80.7 Å². The lowest BCUT2D eigenvalue weighted by Crippen LogP contribution is -2.46. The van der Waals surface area contributed by atoms with E-state index in [1.807, 2.05) is 112 Å². The van der Waals surface area contributed by atoms with E-state index in [9.17, 15) is 53.9 Å². The van der Waals surface area contributed by atoms with Crippen molar-refractivity contribution in [1.82, 2.24) is 47.8 Å². The number of aromatic nitrogens is 6. The summed E-state index contributed by atoms with van der Waals surface area (Å²) in [7, 11) is 3.65. The summed E-state index contributed by atoms with van der Waals surface area (Å²) >= 11 is 0. The van der Waals surface area contributed by atoms with Gasteiger partial charge in [-0.1, -0.05) is 83.9 Å². The molecule has 0 amide bonds. The Balaban J connectivity index is 0.000000190. The van der Waals surface area contributed by atoms with Crippen LogP contribution in [0.15, 0.2) is 162 Å². The van der Waals surface area contributed by atoms with Gasteiger partial charge in [0.1, 0.15) is 54.1 Å². The molecule has 110 heavy (non-hydrogen) atoms. The third-order valence-electron chi connectivity index (χ3n) is 18.5. The van der Waals surface area contributed by atoms with E-state index in [0.29, 0.717) is 48.8 Å². The van der Waals surface area contributed by atoms with Crippen LogP contribution in [0.2, 0.25) is 0 Å². The summed E-state index contributed by atoms with van der Waals surface area (Å²) in [6.45, 7) is 18.4. The van der Waals surface area contributed by atoms with Crippen molar-refractivity contribution in [3.63, 3.8) is 0 Å². The molecule has 20 nitrogen and oxygen atoms in total. The van der Waals surface area contributed by atoms with Crippen LogP contribution in [0.1, 0.15) is 111 Å². The summed E-state index contributed by atoms with van der Waals surface area (Å²) < 4.78 is 122. The van der Waals surface area contributed by atoms with Crippen molar-refractivity contribution in [2.75, 3.05) is 113 Å². The highest BCUT2D eigenvalue weighted by atomic mass is 19.4. The second-order valence-electron chi connectivity index (χ2n) is 27.7. The Morgan fingerprint density at radius 3 is 1.21 bits per heavy atom. The van der Waals surface area contributed by atoms with Gasteiger partial charge in [0.05, 0.1) is 80.2 Å². The number of piperazine rings is 1. The number of oxime groups is 3. The number of likely N-dealkylation sites (N-methyl/N-ethyl adjacent to an activating group) is 1. The maximum absolute atomic E-state index is 12.4. The first kappa shape index (κ1) is 84.3. The van der Waals surface area contributed by atoms with Crippen LogP contribution >= 0.6 is 0 Å². The number of methoxy groups -OCH3 is 1. The van der Waals surface area contributed by atoms with Gasteiger partial charge in [-0.25, -0.2) is 15.0 Å². The average Bonchev–Trinajstić information content (AvgIpc) is 1.65. The number of carbonyl (C=O) groups excluding carboxylic acids is 3. The second kappa shape index (κ2) is 41.9. The molecule has 6 aromatic heterocycles. The molecule has 2 aliphatic rings. The number of benzene rings is 3. The number of likely N-dealkylation sites (tertiary alicyclic amines) is 1. The van der Waals surface area contributed by atoms with E-state index in [2.05, 4.69) is 63.9 Å². The van der Waals surface area contributed by atoms with Crippen molar-refractivity contribution in [2.45, 2.75) is 116 Å². The first-order valence-electron chi connectivity index (χ1n) is 37.1. The first-order valence-corrected chi connectivity index (χ1v) is 37.1. The molecule has 9 aromatic rings. The summed E-state index contributed by atoms with van der Waals surface area (Å²) in [6, 6.07) is 33.1. The Bertz CT molecular complexity index is 4490. The minimum absolute atomic E-state index is 0.0293. The zero-order valence-corrected chi connectivity index (χ0v) is 62.5. The number of carbonyl (C=O) groups is 3. The fourth-order valence-electron chi connectivity index (χ4n) is 12.7. The Morgan fingerprint density at radius 2 is 0.855 bits per heavy atom. The van der Waals surface area contributed by atoms with Crippen LogP contribution in [0.5, 0.6) is 0 Å². The van der Waals surface area contributed by atoms with E-state index in [1.165, 1.54) is 32.5 Å². The lowest BCUT2D eigenvalue weighted by molar-refractivity contribution is -0.143. The van der Waals surface area contributed by atoms with Gasteiger partial charge in [0.2, 0.25) is 0 Å². The zero-order valence-electron chi connectivity index (χ0n) is 62.5. The van der Waals surface area contributed by atoms with Crippen LogP contribution < -0.4 is 0 Å². The number of rotatable bonds is 37. The van der Waals surface area contributed by atoms with Crippen molar-refractivity contribution >= 4 is 52.9 Å². The van der Waals surface area contributed by atoms with Gasteiger partial charge in [-0.15, -0.1) is 0 Å². The van der Waals surface area contributed by atoms with Gasteiger partial charge in [0, 0.05) is 157 Å². The van der Waals surface area contributed by atoms with Crippen molar-refractivity contribution in [1.29, 1.82) is 0 Å². The number of pyridine rings is 3. The highest BCUT2D eigenvalue weighted by Gasteiger charge is 2.30. The van der Waals surface area contributed by atoms with E-state index < -0.39 is 74.4 Å². The summed E-state index contributed by atoms with van der Waals surface area (Å²) in [5.74, 6) is -0.518. The minimum atomic E-state index is -4.33. The molecule has 0 bridgehead atoms. The van der Waals surface area contributed by atoms with Gasteiger partial charge >= 0.3 is 18.5 Å². The standard InChI is InChI=1S/C29H36F3N5O2.C27H31F3N4O2.C25H29F3N4O3/c1-2-10-35-13-15-36(16-14-35)11-4-17-39-34-21-24-8-12-37-27(22-33-28(37)20-24)25-6-3-5-23(18-25)19-26(38)7-9-29(30,31)32;1-20-7-11-33(19-20)10-3-13-36-32-17-22-8-12-34-25(18-31-26(34)16-22)23-5-2-4-21(14-23)15-24(35)6-9-27(28,29)30;1-31(10-12-34-2)11-13-35-30-17-20-7-9-32-23(18-29-24(32)16-20)21-5-3-4-19(14-21)15-22(33)6-8-25(26,27)28/h3,5-6,8,12,18,20-22H,2,4,7,9-11,13-17,19H2,1H3;2,4-5,8,12,14,16-18,20H,3,6-7,9-11,13,15,19H2,1H3;3-5,7,9,14,16-18H,6,8,10-13,15H2,1-2H3. The molecule has 0 spiro atoms. The smallest absolute Gasteiger partial charge is 0.389 e. The van der Waals surface area contributed by atoms with Crippen molar-refractivity contribution in [3.05, 3.63) is 180 Å². The molecule has 2 saturated heterocycles. The summed E-state index contributed by atoms with van der Waals surface area (Å²) in [5.41, 5.74) is 11.7. The van der Waals surface area contributed by atoms with Gasteiger partial charge in [-0.3, -0.25) is 27.6 Å². The Labute approximate surface area is 634 Å². The molecule has 8 heterocycles. The number of ketones is 3. The fraction of sp³-hybridized carbons (Fsp3) is 0.444. The van der Waals surface area contributed by atoms with E-state index >= 15 is 0 Å². The zero-order chi connectivity index (χ0) is 78.5. The Kier molecular flexibility index (Phi) is 32.1. The number of hydrogen-bond donors (Lipinski definition) is 0. The van der Waals surface area contributed by atoms with Crippen molar-refractivity contribution in [2.24, 2.45) is 21.4 Å². The van der Waals surface area contributed by atoms with E-state index in [0.717, 1.165) is 133 Å². The molecular weight excluding hydrogens is 1440 g/mol. The van der Waals surface area contributed by atoms with Crippen LogP contribution in [0.4, 0.5) is 39.5 Å². The molecule has 11 rings (SSSR count). The molecule has 3 aromatic carbocycles. The SMILES string of the molecule is CC1CCN(CCCON=Cc2ccn3c(-c4cccc(CC(=O)CCC(F)(F)F)c4)cnc3c2)C1.CCCN1CCN(CCCON=Cc2ccn3c(-c4cccc(CC(=O)CCC(F)(F)F)c4)cnc3c2)CC1.COCCN(C)CCON=Cc1ccn2c(-c3cccc(CC(=O)CCC(F)(F)F)c3)cnc2c1. The highest BCUT2D eigenvalue weighted by Crippen LogP contribution is 2.29. The molecule has 29 heteroatoms. The first-order chi connectivity index (χ1) is 52.8. The molecule has 2 fully saturated rings. The molecule has 0 saturated carbocycles. The quantitative estimate of drug-likeness (QED) is 0.0155. The number of imidazole rings is 3. The predicted molar refractivity (Wildman–Crippen MR) is 407 cm³/mol. The van der Waals surface area contributed by atoms with Gasteiger partial charge in [-0.05, 0) is 123 Å². The van der Waals surface area contributed by atoms with Gasteiger partial charge < -0.3 is 38.8 Å². The molecule has 2 aliphatic heterocycles. The minimum Gasteiger partial charge on any atom is -0.396 e. The topological polar surface area (TPSA) is 190 Å². The molecule has 0 N–H and O–H groups in total. The van der Waals surface area contributed by atoms with Crippen molar-refractivity contribution < 1.29 is 73.1 Å². The maximum Gasteiger partial charge on any atom is 0.389 e. The van der Waals surface area contributed by atoms with Gasteiger partial charge in [-0.2, -0.15) is 39.5 Å². The molecule has 590 valence electrons. The fourth-order valence-corrected chi connectivity index (χ4v) is 12.7. The maximum atomic E-state index is 12.4. The predicted octanol–water partition coefficient (Wildman–Crippen LogP) is 15.1. The normalized spacial score (nSPS) is 14.8. The number of ether oxygens (including phenoxy) is 1. The van der Waals surface area contributed by atoms with Gasteiger partial charge in [0.25, 0.3) is 0 Å². The van der Waals surface area contributed by atoms with Crippen LogP contribution in [-0.2, 0) is 52.9 Å². The average molecular weight is 1530 g/mol. The van der Waals surface area contributed by atoms with E-state index in [-0.39, 0.29) is 19.3 Å². The number of nitrogens with zero attached hydrogens (tertiary/aromatic N) is 13. The lowest BCUT2D eigenvalue weighted by atomic mass is 10.0. The van der Waals surface area contributed by atoms with Crippen LogP contribution in [0, 0.1) is 5.92 Å². The third kappa shape index (κ3) is 28.6. The number of halogens is 9. The van der Waals surface area contributed by atoms with Gasteiger partial charge in [0.15, 0.2) is 0 Å². The molecule has 1 unspecified atom stereocenters. The second-order valence-corrected chi connectivity index (χ2v) is 27.7. The summed E-state index contributed by atoms with van der Waals surface area (Å²) in [6.07, 6.45) is 2.25. The Morgan fingerprint density at radius 1 is 0.491 bits per heavy atom. The van der Waals surface area contributed by atoms with Crippen LogP contribution in [0.25, 0.3) is 50.7 Å². The molecular formula is C81H96F9N13O7. The van der Waals surface area contributed by atoms with Crippen LogP contribution in [0.3, 0.4) is 0 Å². The molecule has 0 radical (unpaired) electrons. The number of fused-ring (bicyclic) bond motifs is 3. The highest BCUT2D eigenvalue weighted by molar-refractivity contribution is 5.85. The third-order valence-corrected chi connectivity index (χ3v) is 18.5. The Hall–Kier alpha value is -9.68. The number of alkyl halides is 9. The summed E-state index contributed by atoms with van der Waals surface area (Å²) in [4.78, 5) is 75.1. The summed E-state index contributed by atoms with van der Waals surface area (Å²) in [5, 5.41) is 12.2. The van der Waals surface area contributed by atoms with E-state index in [4.69, 9.17) is 19.2 Å². The van der Waals surface area contributed by atoms with Crippen molar-refractivity contribution in [3.8, 4) is 33.8 Å². The molecule has 1 atom stereocenters.